The number of aromatic nitrogens is 4. The molecule has 3 rings (SSSR count). The lowest BCUT2D eigenvalue weighted by molar-refractivity contribution is 0.220. The number of fused-ring (bicyclic) bond motifs is 3. The van der Waals surface area contributed by atoms with Crippen LogP contribution in [0, 0.1) is 0 Å². The Morgan fingerprint density at radius 1 is 1.39 bits per heavy atom. The lowest BCUT2D eigenvalue weighted by Gasteiger charge is -2.02. The molecular weight excluding hydrogens is 248 g/mol. The Bertz CT molecular complexity index is 695. The van der Waals surface area contributed by atoms with Crippen LogP contribution >= 0.6 is 11.8 Å². The minimum absolute atomic E-state index is 0.364. The predicted molar refractivity (Wildman–Crippen MR) is 70.7 cm³/mol. The van der Waals surface area contributed by atoms with Gasteiger partial charge < -0.3 is 5.11 Å². The van der Waals surface area contributed by atoms with Gasteiger partial charge in [0.2, 0.25) is 0 Å². The summed E-state index contributed by atoms with van der Waals surface area (Å²) in [7, 11) is 0. The molecule has 0 spiro atoms. The fourth-order valence-corrected chi connectivity index (χ4v) is 2.55. The fraction of sp³-hybridized carbons (Fsp3) is 0.250. The second kappa shape index (κ2) is 4.55. The van der Waals surface area contributed by atoms with E-state index in [-0.39, 0.29) is 6.10 Å². The topological polar surface area (TPSA) is 63.3 Å². The highest BCUT2D eigenvalue weighted by Gasteiger charge is 2.11. The number of hydrogen-bond acceptors (Lipinski definition) is 5. The average Bonchev–Trinajstić information content (AvgIpc) is 2.75. The van der Waals surface area contributed by atoms with E-state index in [0.29, 0.717) is 5.75 Å². The third-order valence-corrected chi connectivity index (χ3v) is 3.74. The summed E-state index contributed by atoms with van der Waals surface area (Å²) in [5, 5.41) is 10.1. The monoisotopic (exact) mass is 260 g/mol. The van der Waals surface area contributed by atoms with Gasteiger partial charge in [0.05, 0.1) is 6.10 Å². The van der Waals surface area contributed by atoms with Crippen molar-refractivity contribution in [3.05, 3.63) is 30.7 Å². The Labute approximate surface area is 108 Å². The van der Waals surface area contributed by atoms with Crippen LogP contribution in [0.25, 0.3) is 16.8 Å². The third-order valence-electron chi connectivity index (χ3n) is 2.52. The highest BCUT2D eigenvalue weighted by Crippen LogP contribution is 2.24. The Morgan fingerprint density at radius 2 is 2.28 bits per heavy atom. The summed E-state index contributed by atoms with van der Waals surface area (Å²) in [6.07, 6.45) is 3.10. The van der Waals surface area contributed by atoms with Crippen LogP contribution in [0.4, 0.5) is 0 Å². The highest BCUT2D eigenvalue weighted by atomic mass is 32.2. The van der Waals surface area contributed by atoms with Crippen molar-refractivity contribution >= 4 is 28.6 Å². The molecule has 6 heteroatoms. The predicted octanol–water partition coefficient (Wildman–Crippen LogP) is 1.75. The van der Waals surface area contributed by atoms with Crippen LogP contribution in [0.5, 0.6) is 0 Å². The van der Waals surface area contributed by atoms with Gasteiger partial charge >= 0.3 is 0 Å². The summed E-state index contributed by atoms with van der Waals surface area (Å²) < 4.78 is 1.93. The van der Waals surface area contributed by atoms with Crippen molar-refractivity contribution in [2.75, 3.05) is 5.75 Å². The molecule has 0 radical (unpaired) electrons. The number of aliphatic hydroxyl groups is 1. The van der Waals surface area contributed by atoms with Crippen LogP contribution in [0.15, 0.2) is 35.7 Å². The molecule has 0 aromatic carbocycles. The molecule has 5 nitrogen and oxygen atoms in total. The van der Waals surface area contributed by atoms with Gasteiger partial charge in [0.15, 0.2) is 5.65 Å². The minimum atomic E-state index is -0.364. The minimum Gasteiger partial charge on any atom is -0.393 e. The summed E-state index contributed by atoms with van der Waals surface area (Å²) in [6.45, 7) is 1.76. The molecule has 0 bridgehead atoms. The summed E-state index contributed by atoms with van der Waals surface area (Å²) in [5.74, 6) is 0.597. The molecule has 0 aliphatic rings. The van der Waals surface area contributed by atoms with Gasteiger partial charge in [0, 0.05) is 11.9 Å². The molecule has 3 heterocycles. The quantitative estimate of drug-likeness (QED) is 0.574. The zero-order valence-corrected chi connectivity index (χ0v) is 10.6. The second-order valence-corrected chi connectivity index (χ2v) is 5.06. The maximum Gasteiger partial charge on any atom is 0.168 e. The Balaban J connectivity index is 2.15. The maximum absolute atomic E-state index is 9.34. The Morgan fingerprint density at radius 3 is 3.11 bits per heavy atom. The van der Waals surface area contributed by atoms with Gasteiger partial charge in [-0.3, -0.25) is 4.40 Å². The van der Waals surface area contributed by atoms with Crippen molar-refractivity contribution in [1.82, 2.24) is 19.4 Å². The van der Waals surface area contributed by atoms with Crippen molar-refractivity contribution in [2.24, 2.45) is 0 Å². The SMILES string of the molecule is CC(O)CSc1ncnc2c1nc1ccccn12. The van der Waals surface area contributed by atoms with Crippen LogP contribution in [-0.4, -0.2) is 36.3 Å². The van der Waals surface area contributed by atoms with Crippen LogP contribution in [0.3, 0.4) is 0 Å². The van der Waals surface area contributed by atoms with E-state index in [1.165, 1.54) is 18.1 Å². The van der Waals surface area contributed by atoms with Gasteiger partial charge in [-0.15, -0.1) is 11.8 Å². The van der Waals surface area contributed by atoms with E-state index in [0.717, 1.165) is 21.8 Å². The van der Waals surface area contributed by atoms with Crippen LogP contribution < -0.4 is 0 Å². The molecular formula is C12H12N4OS. The number of imidazole rings is 1. The first-order valence-corrected chi connectivity index (χ1v) is 6.63. The van der Waals surface area contributed by atoms with E-state index in [9.17, 15) is 5.11 Å². The van der Waals surface area contributed by atoms with Gasteiger partial charge in [0.25, 0.3) is 0 Å². The van der Waals surface area contributed by atoms with E-state index < -0.39 is 0 Å². The smallest absolute Gasteiger partial charge is 0.168 e. The van der Waals surface area contributed by atoms with Gasteiger partial charge in [-0.2, -0.15) is 0 Å². The normalized spacial score (nSPS) is 13.2. The van der Waals surface area contributed by atoms with Crippen LogP contribution in [0.2, 0.25) is 0 Å². The zero-order valence-electron chi connectivity index (χ0n) is 9.82. The lowest BCUT2D eigenvalue weighted by atomic mass is 10.5. The van der Waals surface area contributed by atoms with Crippen LogP contribution in [0.1, 0.15) is 6.92 Å². The molecule has 0 amide bonds. The summed E-state index contributed by atoms with van der Waals surface area (Å²) in [6, 6.07) is 5.82. The fourth-order valence-electron chi connectivity index (χ4n) is 1.75. The third kappa shape index (κ3) is 1.93. The van der Waals surface area contributed by atoms with E-state index in [1.807, 2.05) is 28.8 Å². The standard InChI is InChI=1S/C12H12N4OS/c1-8(17)6-18-12-10-11(13-7-14-12)16-5-3-2-4-9(16)15-10/h2-5,7-8,17H,6H2,1H3. The van der Waals surface area contributed by atoms with Crippen molar-refractivity contribution in [1.29, 1.82) is 0 Å². The number of nitrogens with zero attached hydrogens (tertiary/aromatic N) is 4. The van der Waals surface area contributed by atoms with E-state index in [1.54, 1.807) is 6.92 Å². The summed E-state index contributed by atoms with van der Waals surface area (Å²) in [4.78, 5) is 13.0. The van der Waals surface area contributed by atoms with E-state index >= 15 is 0 Å². The molecule has 0 saturated carbocycles. The molecule has 0 saturated heterocycles. The molecule has 1 N–H and O–H groups in total. The highest BCUT2D eigenvalue weighted by molar-refractivity contribution is 7.99. The molecule has 92 valence electrons. The first-order valence-electron chi connectivity index (χ1n) is 5.64. The Kier molecular flexibility index (Phi) is 2.89. The van der Waals surface area contributed by atoms with Crippen molar-refractivity contribution in [3.8, 4) is 0 Å². The van der Waals surface area contributed by atoms with Crippen molar-refractivity contribution in [2.45, 2.75) is 18.1 Å². The number of rotatable bonds is 3. The van der Waals surface area contributed by atoms with E-state index in [4.69, 9.17) is 0 Å². The first-order chi connectivity index (χ1) is 8.75. The number of thioether (sulfide) groups is 1. The number of pyridine rings is 1. The second-order valence-electron chi connectivity index (χ2n) is 4.05. The molecule has 0 fully saturated rings. The molecule has 3 aromatic heterocycles. The molecule has 3 aromatic rings. The van der Waals surface area contributed by atoms with E-state index in [2.05, 4.69) is 15.0 Å². The summed E-state index contributed by atoms with van der Waals surface area (Å²) in [5.41, 5.74) is 2.44. The molecule has 1 unspecified atom stereocenters. The molecule has 18 heavy (non-hydrogen) atoms. The van der Waals surface area contributed by atoms with Gasteiger partial charge in [-0.05, 0) is 19.1 Å². The van der Waals surface area contributed by atoms with Gasteiger partial charge in [0.1, 0.15) is 22.5 Å². The zero-order chi connectivity index (χ0) is 12.5. The first kappa shape index (κ1) is 11.4. The Hall–Kier alpha value is -1.66. The molecule has 0 aliphatic carbocycles. The molecule has 1 atom stereocenters. The largest absolute Gasteiger partial charge is 0.393 e. The van der Waals surface area contributed by atoms with Crippen LogP contribution in [-0.2, 0) is 0 Å². The summed E-state index contributed by atoms with van der Waals surface area (Å²) >= 11 is 1.50. The molecule has 0 aliphatic heterocycles. The maximum atomic E-state index is 9.34. The van der Waals surface area contributed by atoms with Gasteiger partial charge in [-0.25, -0.2) is 15.0 Å². The van der Waals surface area contributed by atoms with Gasteiger partial charge in [-0.1, -0.05) is 6.07 Å². The number of aliphatic hydroxyl groups excluding tert-OH is 1. The lowest BCUT2D eigenvalue weighted by Crippen LogP contribution is -2.03. The van der Waals surface area contributed by atoms with Crippen molar-refractivity contribution < 1.29 is 5.11 Å². The number of hydrogen-bond donors (Lipinski definition) is 1. The van der Waals surface area contributed by atoms with Crippen molar-refractivity contribution in [3.63, 3.8) is 0 Å². The average molecular weight is 260 g/mol.